The van der Waals surface area contributed by atoms with Crippen LogP contribution in [0, 0.1) is 5.92 Å². The van der Waals surface area contributed by atoms with Crippen LogP contribution in [0.15, 0.2) is 23.8 Å². The van der Waals surface area contributed by atoms with Crippen molar-refractivity contribution in [2.75, 3.05) is 25.0 Å². The second-order valence-electron chi connectivity index (χ2n) is 9.04. The first-order valence-corrected chi connectivity index (χ1v) is 12.7. The molecule has 2 N–H and O–H groups in total. The standard InChI is InChI=1S/C23H29N7O3S.ClH/c1-3-29(23(32)33)16-6-8-28(9-7-16)21(31)18-12-19(25-14(2)15-4-5-15)27-20(26-18)17-13-24-30-10-11-34-22(17)30;/h10-16H,3-9H2,1-2H3,(H,32,33)(H,25,26,27);1H/t14-;/m1./s1. The summed E-state index contributed by atoms with van der Waals surface area (Å²) >= 11 is 1.55. The van der Waals surface area contributed by atoms with Crippen molar-refractivity contribution in [2.45, 2.75) is 51.6 Å². The van der Waals surface area contributed by atoms with Crippen molar-refractivity contribution >= 4 is 46.4 Å². The number of likely N-dealkylation sites (tertiary alicyclic amines) is 1. The minimum Gasteiger partial charge on any atom is -0.465 e. The molecule has 0 bridgehead atoms. The number of nitrogens with zero attached hydrogens (tertiary/aromatic N) is 6. The SMILES string of the molecule is CCN(C(=O)O)C1CCN(C(=O)c2cc(N[C@H](C)C3CC3)nc(-c3cnn4ccsc34)n2)CC1.Cl. The van der Waals surface area contributed by atoms with Gasteiger partial charge in [-0.1, -0.05) is 0 Å². The maximum absolute atomic E-state index is 13.5. The van der Waals surface area contributed by atoms with Crippen molar-refractivity contribution in [1.82, 2.24) is 29.4 Å². The van der Waals surface area contributed by atoms with Gasteiger partial charge >= 0.3 is 6.09 Å². The molecule has 2 amide bonds. The first-order valence-electron chi connectivity index (χ1n) is 11.8. The Labute approximate surface area is 213 Å². The maximum Gasteiger partial charge on any atom is 0.407 e. The largest absolute Gasteiger partial charge is 0.465 e. The maximum atomic E-state index is 13.5. The highest BCUT2D eigenvalue weighted by molar-refractivity contribution is 7.16. The fourth-order valence-corrected chi connectivity index (χ4v) is 5.46. The third kappa shape index (κ3) is 5.20. The number of carbonyl (C=O) groups excluding carboxylic acids is 1. The molecule has 35 heavy (non-hydrogen) atoms. The van der Waals surface area contributed by atoms with Gasteiger partial charge in [0.15, 0.2) is 5.82 Å². The Bertz CT molecular complexity index is 1200. The number of amides is 2. The van der Waals surface area contributed by atoms with Crippen LogP contribution in [0.4, 0.5) is 10.6 Å². The van der Waals surface area contributed by atoms with E-state index in [-0.39, 0.29) is 30.4 Å². The van der Waals surface area contributed by atoms with Gasteiger partial charge in [0.1, 0.15) is 16.3 Å². The first-order chi connectivity index (χ1) is 16.4. The van der Waals surface area contributed by atoms with Gasteiger partial charge in [0.25, 0.3) is 5.91 Å². The molecule has 5 rings (SSSR count). The van der Waals surface area contributed by atoms with Crippen LogP contribution in [0.5, 0.6) is 0 Å². The van der Waals surface area contributed by atoms with Gasteiger partial charge in [-0.05, 0) is 45.4 Å². The molecule has 1 saturated carbocycles. The first kappa shape index (κ1) is 25.2. The molecule has 0 unspecified atom stereocenters. The Morgan fingerprint density at radius 2 is 2.00 bits per heavy atom. The monoisotopic (exact) mass is 519 g/mol. The number of carboxylic acid groups (broad SMARTS) is 1. The molecule has 1 saturated heterocycles. The molecule has 3 aromatic heterocycles. The summed E-state index contributed by atoms with van der Waals surface area (Å²) in [5, 5.41) is 19.2. The Hall–Kier alpha value is -2.92. The lowest BCUT2D eigenvalue weighted by Gasteiger charge is -2.36. The number of aromatic nitrogens is 4. The van der Waals surface area contributed by atoms with E-state index in [0.29, 0.717) is 55.7 Å². The van der Waals surface area contributed by atoms with Gasteiger partial charge < -0.3 is 20.2 Å². The Morgan fingerprint density at radius 1 is 1.26 bits per heavy atom. The average Bonchev–Trinajstić information content (AvgIpc) is 3.45. The smallest absolute Gasteiger partial charge is 0.407 e. The number of thiazole rings is 1. The van der Waals surface area contributed by atoms with Crippen LogP contribution in [0.25, 0.3) is 16.2 Å². The molecule has 1 aliphatic carbocycles. The molecule has 10 nitrogen and oxygen atoms in total. The molecular weight excluding hydrogens is 490 g/mol. The lowest BCUT2D eigenvalue weighted by molar-refractivity contribution is 0.0617. The van der Waals surface area contributed by atoms with Crippen LogP contribution in [0.2, 0.25) is 0 Å². The summed E-state index contributed by atoms with van der Waals surface area (Å²) in [6.07, 6.45) is 6.36. The lowest BCUT2D eigenvalue weighted by Crippen LogP contribution is -2.48. The topological polar surface area (TPSA) is 116 Å². The molecular formula is C23H30ClN7O3S. The van der Waals surface area contributed by atoms with E-state index >= 15 is 0 Å². The van der Waals surface area contributed by atoms with Crippen LogP contribution in [-0.2, 0) is 0 Å². The van der Waals surface area contributed by atoms with E-state index in [9.17, 15) is 14.7 Å². The summed E-state index contributed by atoms with van der Waals surface area (Å²) in [7, 11) is 0. The number of piperidine rings is 1. The van der Waals surface area contributed by atoms with E-state index in [1.54, 1.807) is 33.0 Å². The fourth-order valence-electron chi connectivity index (χ4n) is 4.67. The van der Waals surface area contributed by atoms with Gasteiger partial charge in [-0.15, -0.1) is 23.7 Å². The number of fused-ring (bicyclic) bond motifs is 1. The van der Waals surface area contributed by atoms with E-state index < -0.39 is 6.09 Å². The molecule has 1 aliphatic heterocycles. The van der Waals surface area contributed by atoms with E-state index in [1.807, 2.05) is 18.5 Å². The molecule has 2 aliphatic rings. The minimum atomic E-state index is -0.908. The second-order valence-corrected chi connectivity index (χ2v) is 9.93. The highest BCUT2D eigenvalue weighted by Crippen LogP contribution is 2.34. The van der Waals surface area contributed by atoms with Gasteiger partial charge in [0.05, 0.1) is 11.8 Å². The predicted molar refractivity (Wildman–Crippen MR) is 136 cm³/mol. The number of rotatable bonds is 7. The summed E-state index contributed by atoms with van der Waals surface area (Å²) in [4.78, 5) is 38.5. The van der Waals surface area contributed by atoms with Gasteiger partial charge in [-0.25, -0.2) is 19.3 Å². The average molecular weight is 520 g/mol. The molecule has 4 heterocycles. The van der Waals surface area contributed by atoms with Gasteiger partial charge in [0, 0.05) is 49.4 Å². The Morgan fingerprint density at radius 3 is 2.66 bits per heavy atom. The van der Waals surface area contributed by atoms with Crippen molar-refractivity contribution < 1.29 is 14.7 Å². The zero-order valence-electron chi connectivity index (χ0n) is 19.8. The zero-order valence-corrected chi connectivity index (χ0v) is 21.4. The predicted octanol–water partition coefficient (Wildman–Crippen LogP) is 4.09. The van der Waals surface area contributed by atoms with Crippen LogP contribution in [0.3, 0.4) is 0 Å². The van der Waals surface area contributed by atoms with Crippen molar-refractivity contribution in [2.24, 2.45) is 5.92 Å². The van der Waals surface area contributed by atoms with Crippen LogP contribution >= 0.6 is 23.7 Å². The summed E-state index contributed by atoms with van der Waals surface area (Å²) in [6, 6.07) is 1.94. The summed E-state index contributed by atoms with van der Waals surface area (Å²) in [5.74, 6) is 1.60. The molecule has 0 radical (unpaired) electrons. The number of nitrogens with one attached hydrogen (secondary N) is 1. The van der Waals surface area contributed by atoms with Crippen molar-refractivity contribution in [3.8, 4) is 11.4 Å². The Kier molecular flexibility index (Phi) is 7.46. The van der Waals surface area contributed by atoms with Crippen LogP contribution < -0.4 is 5.32 Å². The van der Waals surface area contributed by atoms with Crippen LogP contribution in [0.1, 0.15) is 50.0 Å². The summed E-state index contributed by atoms with van der Waals surface area (Å²) in [5.41, 5.74) is 1.14. The third-order valence-electron chi connectivity index (χ3n) is 6.80. The van der Waals surface area contributed by atoms with Gasteiger partial charge in [-0.3, -0.25) is 4.79 Å². The molecule has 2 fully saturated rings. The Balaban J connectivity index is 0.00000289. The molecule has 1 atom stereocenters. The normalized spacial score (nSPS) is 17.1. The molecule has 3 aromatic rings. The number of hydrogen-bond acceptors (Lipinski definition) is 7. The minimum absolute atomic E-state index is 0. The molecule has 188 valence electrons. The number of halogens is 1. The van der Waals surface area contributed by atoms with E-state index in [1.165, 1.54) is 17.7 Å². The summed E-state index contributed by atoms with van der Waals surface area (Å²) in [6.45, 7) is 5.42. The van der Waals surface area contributed by atoms with Gasteiger partial charge in [-0.2, -0.15) is 5.10 Å². The fraction of sp³-hybridized carbons (Fsp3) is 0.522. The van der Waals surface area contributed by atoms with E-state index in [2.05, 4.69) is 22.3 Å². The third-order valence-corrected chi connectivity index (χ3v) is 7.69. The zero-order chi connectivity index (χ0) is 23.8. The second kappa shape index (κ2) is 10.4. The summed E-state index contributed by atoms with van der Waals surface area (Å²) < 4.78 is 1.78. The highest BCUT2D eigenvalue weighted by atomic mass is 35.5. The molecule has 12 heteroatoms. The highest BCUT2D eigenvalue weighted by Gasteiger charge is 2.31. The van der Waals surface area contributed by atoms with Gasteiger partial charge in [0.2, 0.25) is 0 Å². The van der Waals surface area contributed by atoms with E-state index in [0.717, 1.165) is 10.4 Å². The van der Waals surface area contributed by atoms with Crippen LogP contribution in [-0.4, -0.2) is 78.2 Å². The quantitative estimate of drug-likeness (QED) is 0.483. The number of carbonyl (C=O) groups is 2. The molecule has 0 spiro atoms. The van der Waals surface area contributed by atoms with E-state index in [4.69, 9.17) is 4.98 Å². The number of hydrogen-bond donors (Lipinski definition) is 2. The van der Waals surface area contributed by atoms with Crippen molar-refractivity contribution in [3.05, 3.63) is 29.5 Å². The number of anilines is 1. The van der Waals surface area contributed by atoms with Crippen molar-refractivity contribution in [3.63, 3.8) is 0 Å². The molecule has 0 aromatic carbocycles. The lowest BCUT2D eigenvalue weighted by atomic mass is 10.0. The van der Waals surface area contributed by atoms with Crippen molar-refractivity contribution in [1.29, 1.82) is 0 Å².